The average molecular weight is 265 g/mol. The molecule has 104 valence electrons. The fourth-order valence-electron chi connectivity index (χ4n) is 2.04. The Bertz CT molecular complexity index is 431. The largest absolute Gasteiger partial charge is 0.492 e. The van der Waals surface area contributed by atoms with Crippen molar-refractivity contribution in [2.75, 3.05) is 26.3 Å². The van der Waals surface area contributed by atoms with Gasteiger partial charge in [-0.1, -0.05) is 6.07 Å². The molecule has 0 spiro atoms. The minimum atomic E-state index is -0.953. The number of carboxylic acids is 1. The summed E-state index contributed by atoms with van der Waals surface area (Å²) in [5.74, 6) is -0.384. The highest BCUT2D eigenvalue weighted by Crippen LogP contribution is 2.26. The van der Waals surface area contributed by atoms with E-state index in [1.165, 1.54) is 25.0 Å². The number of nitrogens with zero attached hydrogens (tertiary/aromatic N) is 1. The van der Waals surface area contributed by atoms with Crippen molar-refractivity contribution < 1.29 is 19.7 Å². The van der Waals surface area contributed by atoms with Crippen molar-refractivity contribution in [3.63, 3.8) is 0 Å². The summed E-state index contributed by atoms with van der Waals surface area (Å²) >= 11 is 0. The predicted molar refractivity (Wildman–Crippen MR) is 70.6 cm³/mol. The van der Waals surface area contributed by atoms with Gasteiger partial charge in [0, 0.05) is 19.1 Å². The Morgan fingerprint density at radius 2 is 2.16 bits per heavy atom. The van der Waals surface area contributed by atoms with Crippen molar-refractivity contribution in [2.45, 2.75) is 18.9 Å². The van der Waals surface area contributed by atoms with Gasteiger partial charge in [0.2, 0.25) is 0 Å². The van der Waals surface area contributed by atoms with Crippen LogP contribution in [0.4, 0.5) is 0 Å². The zero-order valence-corrected chi connectivity index (χ0v) is 10.8. The fraction of sp³-hybridized carbons (Fsp3) is 0.500. The SMILES string of the molecule is O=C(O)c1cccc(OCCN(CCO)C2CC2)c1. The lowest BCUT2D eigenvalue weighted by Gasteiger charge is -2.20. The van der Waals surface area contributed by atoms with Crippen LogP contribution < -0.4 is 4.74 Å². The molecule has 0 amide bonds. The molecule has 0 aliphatic heterocycles. The maximum atomic E-state index is 10.8. The van der Waals surface area contributed by atoms with Gasteiger partial charge in [-0.2, -0.15) is 0 Å². The van der Waals surface area contributed by atoms with Crippen LogP contribution in [0.15, 0.2) is 24.3 Å². The first-order valence-electron chi connectivity index (χ1n) is 6.52. The Labute approximate surface area is 112 Å². The number of aromatic carboxylic acids is 1. The number of rotatable bonds is 8. The number of aliphatic hydroxyl groups excluding tert-OH is 1. The summed E-state index contributed by atoms with van der Waals surface area (Å²) in [6.07, 6.45) is 2.38. The molecule has 0 heterocycles. The van der Waals surface area contributed by atoms with E-state index in [-0.39, 0.29) is 12.2 Å². The number of carbonyl (C=O) groups is 1. The van der Waals surface area contributed by atoms with Crippen LogP contribution >= 0.6 is 0 Å². The molecule has 5 heteroatoms. The third-order valence-electron chi connectivity index (χ3n) is 3.18. The Hall–Kier alpha value is -1.59. The molecular weight excluding hydrogens is 246 g/mol. The lowest BCUT2D eigenvalue weighted by Crippen LogP contribution is -2.33. The summed E-state index contributed by atoms with van der Waals surface area (Å²) in [5.41, 5.74) is 0.229. The Morgan fingerprint density at radius 3 is 2.79 bits per heavy atom. The van der Waals surface area contributed by atoms with Crippen molar-refractivity contribution in [3.8, 4) is 5.75 Å². The van der Waals surface area contributed by atoms with E-state index in [0.29, 0.717) is 24.9 Å². The molecule has 1 fully saturated rings. The molecule has 1 aromatic carbocycles. The average Bonchev–Trinajstić information content (AvgIpc) is 3.22. The van der Waals surface area contributed by atoms with Crippen molar-refractivity contribution in [1.29, 1.82) is 0 Å². The van der Waals surface area contributed by atoms with Gasteiger partial charge in [0.05, 0.1) is 12.2 Å². The van der Waals surface area contributed by atoms with Gasteiger partial charge in [-0.05, 0) is 31.0 Å². The summed E-state index contributed by atoms with van der Waals surface area (Å²) in [6, 6.07) is 7.07. The lowest BCUT2D eigenvalue weighted by atomic mass is 10.2. The van der Waals surface area contributed by atoms with Gasteiger partial charge < -0.3 is 14.9 Å². The van der Waals surface area contributed by atoms with E-state index in [2.05, 4.69) is 4.90 Å². The molecule has 1 aliphatic rings. The molecule has 0 aromatic heterocycles. The molecule has 1 aliphatic carbocycles. The second kappa shape index (κ2) is 6.54. The topological polar surface area (TPSA) is 70.0 Å². The normalized spacial score (nSPS) is 14.6. The van der Waals surface area contributed by atoms with E-state index in [1.807, 2.05) is 0 Å². The van der Waals surface area contributed by atoms with Gasteiger partial charge in [-0.25, -0.2) is 4.79 Å². The molecule has 19 heavy (non-hydrogen) atoms. The number of ether oxygens (including phenoxy) is 1. The maximum absolute atomic E-state index is 10.8. The van der Waals surface area contributed by atoms with Gasteiger partial charge in [0.15, 0.2) is 0 Å². The smallest absolute Gasteiger partial charge is 0.335 e. The number of hydrogen-bond donors (Lipinski definition) is 2. The van der Waals surface area contributed by atoms with Crippen molar-refractivity contribution in [2.24, 2.45) is 0 Å². The lowest BCUT2D eigenvalue weighted by molar-refractivity contribution is 0.0696. The molecule has 5 nitrogen and oxygen atoms in total. The van der Waals surface area contributed by atoms with Crippen molar-refractivity contribution in [3.05, 3.63) is 29.8 Å². The molecule has 0 saturated heterocycles. The first kappa shape index (κ1) is 13.8. The standard InChI is InChI=1S/C14H19NO4/c16-8-6-15(12-4-5-12)7-9-19-13-3-1-2-11(10-13)14(17)18/h1-3,10,12,16H,4-9H2,(H,17,18). The second-order valence-corrected chi connectivity index (χ2v) is 4.67. The van der Waals surface area contributed by atoms with Crippen LogP contribution in [0, 0.1) is 0 Å². The van der Waals surface area contributed by atoms with Gasteiger partial charge in [0.25, 0.3) is 0 Å². The van der Waals surface area contributed by atoms with E-state index in [9.17, 15) is 4.79 Å². The molecule has 0 atom stereocenters. The van der Waals surface area contributed by atoms with Gasteiger partial charge in [-0.3, -0.25) is 4.90 Å². The molecule has 0 radical (unpaired) electrons. The van der Waals surface area contributed by atoms with E-state index in [4.69, 9.17) is 14.9 Å². The summed E-state index contributed by atoms with van der Waals surface area (Å²) < 4.78 is 5.56. The minimum Gasteiger partial charge on any atom is -0.492 e. The highest BCUT2D eigenvalue weighted by atomic mass is 16.5. The second-order valence-electron chi connectivity index (χ2n) is 4.67. The molecule has 0 bridgehead atoms. The van der Waals surface area contributed by atoms with E-state index >= 15 is 0 Å². The third-order valence-corrected chi connectivity index (χ3v) is 3.18. The molecule has 1 aromatic rings. The van der Waals surface area contributed by atoms with Crippen LogP contribution in [0.1, 0.15) is 23.2 Å². The van der Waals surface area contributed by atoms with Crippen molar-refractivity contribution >= 4 is 5.97 Å². The predicted octanol–water partition coefficient (Wildman–Crippen LogP) is 1.22. The quantitative estimate of drug-likeness (QED) is 0.739. The first-order valence-corrected chi connectivity index (χ1v) is 6.52. The molecular formula is C14H19NO4. The third kappa shape index (κ3) is 4.22. The van der Waals surface area contributed by atoms with Gasteiger partial charge in [0.1, 0.15) is 12.4 Å². The van der Waals surface area contributed by atoms with Crippen molar-refractivity contribution in [1.82, 2.24) is 4.90 Å². The summed E-state index contributed by atoms with van der Waals surface area (Å²) in [5, 5.41) is 17.9. The summed E-state index contributed by atoms with van der Waals surface area (Å²) in [7, 11) is 0. The van der Waals surface area contributed by atoms with Crippen LogP contribution in [-0.2, 0) is 0 Å². The molecule has 2 N–H and O–H groups in total. The Balaban J connectivity index is 1.81. The number of hydrogen-bond acceptors (Lipinski definition) is 4. The van der Waals surface area contributed by atoms with Gasteiger partial charge >= 0.3 is 5.97 Å². The van der Waals surface area contributed by atoms with Crippen LogP contribution in [0.5, 0.6) is 5.75 Å². The zero-order chi connectivity index (χ0) is 13.7. The fourth-order valence-corrected chi connectivity index (χ4v) is 2.04. The summed E-state index contributed by atoms with van der Waals surface area (Å²) in [6.45, 7) is 2.08. The molecule has 0 unspecified atom stereocenters. The number of aliphatic hydroxyl groups is 1. The van der Waals surface area contributed by atoms with Gasteiger partial charge in [-0.15, -0.1) is 0 Å². The van der Waals surface area contributed by atoms with Crippen LogP contribution in [0.2, 0.25) is 0 Å². The zero-order valence-electron chi connectivity index (χ0n) is 10.8. The van der Waals surface area contributed by atoms with E-state index in [1.54, 1.807) is 12.1 Å². The Morgan fingerprint density at radius 1 is 1.37 bits per heavy atom. The highest BCUT2D eigenvalue weighted by Gasteiger charge is 2.28. The van der Waals surface area contributed by atoms with Crippen LogP contribution in [-0.4, -0.2) is 53.4 Å². The molecule has 1 saturated carbocycles. The Kier molecular flexibility index (Phi) is 4.76. The van der Waals surface area contributed by atoms with Crippen LogP contribution in [0.3, 0.4) is 0 Å². The number of carboxylic acid groups (broad SMARTS) is 1. The highest BCUT2D eigenvalue weighted by molar-refractivity contribution is 5.87. The maximum Gasteiger partial charge on any atom is 0.335 e. The van der Waals surface area contributed by atoms with Crippen LogP contribution in [0.25, 0.3) is 0 Å². The number of benzene rings is 1. The minimum absolute atomic E-state index is 0.158. The molecule has 2 rings (SSSR count). The van der Waals surface area contributed by atoms with E-state index in [0.717, 1.165) is 6.54 Å². The first-order chi connectivity index (χ1) is 9.20. The van der Waals surface area contributed by atoms with E-state index < -0.39 is 5.97 Å². The summed E-state index contributed by atoms with van der Waals surface area (Å²) in [4.78, 5) is 13.0. The monoisotopic (exact) mass is 265 g/mol.